The van der Waals surface area contributed by atoms with Gasteiger partial charge in [-0.25, -0.2) is 0 Å². The van der Waals surface area contributed by atoms with Gasteiger partial charge in [-0.1, -0.05) is 13.0 Å². The molecule has 1 aliphatic carbocycles. The fourth-order valence-electron chi connectivity index (χ4n) is 2.30. The topological polar surface area (TPSA) is 72.4 Å². The Kier molecular flexibility index (Phi) is 3.52. The van der Waals surface area contributed by atoms with Crippen molar-refractivity contribution in [1.29, 1.82) is 0 Å². The lowest BCUT2D eigenvalue weighted by molar-refractivity contribution is -0.383. The van der Waals surface area contributed by atoms with Gasteiger partial charge in [-0.2, -0.15) is 0 Å². The van der Waals surface area contributed by atoms with E-state index >= 15 is 0 Å². The summed E-state index contributed by atoms with van der Waals surface area (Å²) in [6.45, 7) is 4.13. The number of nitrogen functional groups attached to an aromatic ring is 1. The molecule has 0 aromatic heterocycles. The third-order valence-corrected chi connectivity index (χ3v) is 3.56. The Morgan fingerprint density at radius 1 is 1.56 bits per heavy atom. The SMILES string of the molecule is CC1CC1CN(C)Cc1ccc([N+](=O)[O-])c(N)c1. The van der Waals surface area contributed by atoms with Crippen molar-refractivity contribution in [2.75, 3.05) is 19.3 Å². The van der Waals surface area contributed by atoms with Gasteiger partial charge in [0.25, 0.3) is 5.69 Å². The van der Waals surface area contributed by atoms with Crippen LogP contribution in [0.25, 0.3) is 0 Å². The lowest BCUT2D eigenvalue weighted by Gasteiger charge is -2.16. The molecule has 98 valence electrons. The summed E-state index contributed by atoms with van der Waals surface area (Å²) >= 11 is 0. The van der Waals surface area contributed by atoms with E-state index in [1.165, 1.54) is 12.5 Å². The molecule has 1 aromatic carbocycles. The summed E-state index contributed by atoms with van der Waals surface area (Å²) in [5.41, 5.74) is 6.92. The standard InChI is InChI=1S/C13H19N3O2/c1-9-5-11(9)8-15(2)7-10-3-4-13(16(17)18)12(14)6-10/h3-4,6,9,11H,5,7-8,14H2,1-2H3. The molecule has 2 rings (SSSR count). The summed E-state index contributed by atoms with van der Waals surface area (Å²) in [6, 6.07) is 4.96. The maximum Gasteiger partial charge on any atom is 0.292 e. The number of benzene rings is 1. The van der Waals surface area contributed by atoms with Gasteiger partial charge in [0.05, 0.1) is 4.92 Å². The second-order valence-electron chi connectivity index (χ2n) is 5.32. The van der Waals surface area contributed by atoms with Crippen LogP contribution in [0.4, 0.5) is 11.4 Å². The maximum atomic E-state index is 10.7. The molecule has 0 aliphatic heterocycles. The Labute approximate surface area is 107 Å². The molecule has 0 bridgehead atoms. The number of nitro groups is 1. The van der Waals surface area contributed by atoms with Crippen LogP contribution in [-0.4, -0.2) is 23.4 Å². The highest BCUT2D eigenvalue weighted by molar-refractivity contribution is 5.59. The first kappa shape index (κ1) is 12.8. The minimum Gasteiger partial charge on any atom is -0.393 e. The van der Waals surface area contributed by atoms with Crippen molar-refractivity contribution in [2.45, 2.75) is 19.9 Å². The molecule has 18 heavy (non-hydrogen) atoms. The van der Waals surface area contributed by atoms with Crippen LogP contribution in [0.1, 0.15) is 18.9 Å². The molecule has 1 fully saturated rings. The first-order chi connectivity index (χ1) is 8.47. The van der Waals surface area contributed by atoms with Gasteiger partial charge in [0.1, 0.15) is 5.69 Å². The van der Waals surface area contributed by atoms with Gasteiger partial charge in [-0.15, -0.1) is 0 Å². The first-order valence-corrected chi connectivity index (χ1v) is 6.18. The maximum absolute atomic E-state index is 10.7. The third kappa shape index (κ3) is 2.98. The van der Waals surface area contributed by atoms with E-state index in [9.17, 15) is 10.1 Å². The van der Waals surface area contributed by atoms with Crippen molar-refractivity contribution in [3.8, 4) is 0 Å². The fraction of sp³-hybridized carbons (Fsp3) is 0.538. The Balaban J connectivity index is 1.96. The second-order valence-corrected chi connectivity index (χ2v) is 5.32. The van der Waals surface area contributed by atoms with Crippen LogP contribution in [0.2, 0.25) is 0 Å². The quantitative estimate of drug-likeness (QED) is 0.493. The fourth-order valence-corrected chi connectivity index (χ4v) is 2.30. The second kappa shape index (κ2) is 4.94. The molecule has 0 saturated heterocycles. The molecular formula is C13H19N3O2. The van der Waals surface area contributed by atoms with Crippen molar-refractivity contribution in [3.63, 3.8) is 0 Å². The number of nitrogens with zero attached hydrogens (tertiary/aromatic N) is 2. The van der Waals surface area contributed by atoms with Crippen LogP contribution in [0, 0.1) is 22.0 Å². The highest BCUT2D eigenvalue weighted by Crippen LogP contribution is 2.38. The van der Waals surface area contributed by atoms with Crippen molar-refractivity contribution in [1.82, 2.24) is 4.90 Å². The minimum atomic E-state index is -0.450. The third-order valence-electron chi connectivity index (χ3n) is 3.56. The molecule has 5 heteroatoms. The number of rotatable bonds is 5. The minimum absolute atomic E-state index is 0.0165. The zero-order valence-corrected chi connectivity index (χ0v) is 10.8. The number of nitro benzene ring substituents is 1. The zero-order chi connectivity index (χ0) is 13.3. The van der Waals surface area contributed by atoms with E-state index in [2.05, 4.69) is 18.9 Å². The largest absolute Gasteiger partial charge is 0.393 e. The van der Waals surface area contributed by atoms with E-state index in [0.29, 0.717) is 0 Å². The van der Waals surface area contributed by atoms with Gasteiger partial charge < -0.3 is 10.6 Å². The van der Waals surface area contributed by atoms with Crippen LogP contribution < -0.4 is 5.73 Å². The molecule has 0 heterocycles. The highest BCUT2D eigenvalue weighted by atomic mass is 16.6. The van der Waals surface area contributed by atoms with Crippen LogP contribution in [0.3, 0.4) is 0 Å². The summed E-state index contributed by atoms with van der Waals surface area (Å²) in [5.74, 6) is 1.65. The van der Waals surface area contributed by atoms with Gasteiger partial charge in [0.15, 0.2) is 0 Å². The predicted octanol–water partition coefficient (Wildman–Crippen LogP) is 2.26. The molecular weight excluding hydrogens is 230 g/mol. The average Bonchev–Trinajstić information content (AvgIpc) is 2.93. The number of anilines is 1. The van der Waals surface area contributed by atoms with E-state index in [0.717, 1.165) is 30.5 Å². The molecule has 2 unspecified atom stereocenters. The van der Waals surface area contributed by atoms with Gasteiger partial charge >= 0.3 is 0 Å². The molecule has 5 nitrogen and oxygen atoms in total. The molecule has 1 aliphatic rings. The van der Waals surface area contributed by atoms with Gasteiger partial charge in [-0.05, 0) is 36.9 Å². The van der Waals surface area contributed by atoms with E-state index in [1.54, 1.807) is 12.1 Å². The van der Waals surface area contributed by atoms with Crippen molar-refractivity contribution >= 4 is 11.4 Å². The molecule has 0 spiro atoms. The average molecular weight is 249 g/mol. The summed E-state index contributed by atoms with van der Waals surface area (Å²) in [6.07, 6.45) is 1.31. The van der Waals surface area contributed by atoms with Crippen LogP contribution >= 0.6 is 0 Å². The lowest BCUT2D eigenvalue weighted by atomic mass is 10.1. The summed E-state index contributed by atoms with van der Waals surface area (Å²) in [7, 11) is 2.07. The van der Waals surface area contributed by atoms with Crippen LogP contribution in [0.15, 0.2) is 18.2 Å². The monoisotopic (exact) mass is 249 g/mol. The highest BCUT2D eigenvalue weighted by Gasteiger charge is 2.32. The van der Waals surface area contributed by atoms with Crippen molar-refractivity contribution in [2.24, 2.45) is 11.8 Å². The van der Waals surface area contributed by atoms with E-state index in [4.69, 9.17) is 5.73 Å². The summed E-state index contributed by atoms with van der Waals surface area (Å²) in [5, 5.41) is 10.7. The van der Waals surface area contributed by atoms with E-state index in [-0.39, 0.29) is 11.4 Å². The number of hydrogen-bond donors (Lipinski definition) is 1. The first-order valence-electron chi connectivity index (χ1n) is 6.18. The predicted molar refractivity (Wildman–Crippen MR) is 71.1 cm³/mol. The molecule has 2 atom stereocenters. The number of nitrogens with two attached hydrogens (primary N) is 1. The Morgan fingerprint density at radius 2 is 2.22 bits per heavy atom. The molecule has 0 amide bonds. The van der Waals surface area contributed by atoms with Crippen molar-refractivity contribution < 1.29 is 4.92 Å². The molecule has 1 saturated carbocycles. The number of hydrogen-bond acceptors (Lipinski definition) is 4. The van der Waals surface area contributed by atoms with Crippen molar-refractivity contribution in [3.05, 3.63) is 33.9 Å². The summed E-state index contributed by atoms with van der Waals surface area (Å²) in [4.78, 5) is 12.5. The van der Waals surface area contributed by atoms with E-state index in [1.807, 2.05) is 0 Å². The normalized spacial score (nSPS) is 22.2. The lowest BCUT2D eigenvalue weighted by Crippen LogP contribution is -2.21. The zero-order valence-electron chi connectivity index (χ0n) is 10.8. The molecule has 2 N–H and O–H groups in total. The van der Waals surface area contributed by atoms with Gasteiger partial charge in [-0.3, -0.25) is 10.1 Å². The van der Waals surface area contributed by atoms with Gasteiger partial charge in [0.2, 0.25) is 0 Å². The molecule has 0 radical (unpaired) electrons. The smallest absolute Gasteiger partial charge is 0.292 e. The van der Waals surface area contributed by atoms with Gasteiger partial charge in [0, 0.05) is 19.2 Å². The Hall–Kier alpha value is -1.62. The van der Waals surface area contributed by atoms with Crippen LogP contribution in [0.5, 0.6) is 0 Å². The Morgan fingerprint density at radius 3 is 2.72 bits per heavy atom. The summed E-state index contributed by atoms with van der Waals surface area (Å²) < 4.78 is 0. The Bertz CT molecular complexity index is 462. The molecule has 1 aromatic rings. The van der Waals surface area contributed by atoms with E-state index < -0.39 is 4.92 Å². The van der Waals surface area contributed by atoms with Crippen LogP contribution in [-0.2, 0) is 6.54 Å².